The van der Waals surface area contributed by atoms with E-state index in [0.717, 1.165) is 0 Å². The minimum atomic E-state index is -1.54. The highest BCUT2D eigenvalue weighted by Gasteiger charge is 2.54. The number of nitrogens with one attached hydrogen (secondary N) is 1. The second-order valence-corrected chi connectivity index (χ2v) is 8.63. The number of non-ortho nitro benzene ring substituents is 1. The third kappa shape index (κ3) is 5.34. The van der Waals surface area contributed by atoms with Gasteiger partial charge in [-0.3, -0.25) is 14.9 Å². The standard InChI is InChI=1S/C22H28N4O9/c1-3-33-21(28)22(2)18(13-7-6-8-14(11-13)25(29)30)15(12-24-20(22)23)19(27)34-16-9-4-5-10-17(16)35-26(31)32/h6-8,11-12,16-18,20,24H,3-5,9-10,23H2,1-2H3. The van der Waals surface area contributed by atoms with Crippen LogP contribution >= 0.6 is 0 Å². The van der Waals surface area contributed by atoms with Crippen LogP contribution in [0.25, 0.3) is 0 Å². The molecular weight excluding hydrogens is 464 g/mol. The first-order chi connectivity index (χ1) is 16.6. The van der Waals surface area contributed by atoms with Crippen molar-refractivity contribution in [3.05, 3.63) is 61.8 Å². The summed E-state index contributed by atoms with van der Waals surface area (Å²) in [6, 6.07) is 5.54. The lowest BCUT2D eigenvalue weighted by atomic mass is 9.66. The van der Waals surface area contributed by atoms with Gasteiger partial charge < -0.3 is 25.4 Å². The van der Waals surface area contributed by atoms with E-state index in [-0.39, 0.29) is 23.4 Å². The lowest BCUT2D eigenvalue weighted by Gasteiger charge is -2.44. The van der Waals surface area contributed by atoms with Crippen LogP contribution < -0.4 is 11.1 Å². The number of nitrogens with zero attached hydrogens (tertiary/aromatic N) is 2. The molecule has 0 saturated heterocycles. The number of carbonyl (C=O) groups is 2. The van der Waals surface area contributed by atoms with E-state index in [1.165, 1.54) is 31.3 Å². The topological polar surface area (TPSA) is 186 Å². The number of benzene rings is 1. The van der Waals surface area contributed by atoms with Crippen LogP contribution in [0.15, 0.2) is 36.0 Å². The molecule has 2 aliphatic rings. The van der Waals surface area contributed by atoms with Crippen molar-refractivity contribution in [2.24, 2.45) is 11.1 Å². The molecule has 35 heavy (non-hydrogen) atoms. The number of nitro groups is 1. The molecule has 3 N–H and O–H groups in total. The van der Waals surface area contributed by atoms with Crippen LogP contribution in [0.4, 0.5) is 5.69 Å². The maximum absolute atomic E-state index is 13.4. The number of nitro benzene ring substituents is 1. The van der Waals surface area contributed by atoms with Crippen molar-refractivity contribution in [1.29, 1.82) is 0 Å². The van der Waals surface area contributed by atoms with Crippen molar-refractivity contribution in [2.45, 2.75) is 63.8 Å². The summed E-state index contributed by atoms with van der Waals surface area (Å²) in [4.78, 5) is 52.9. The highest BCUT2D eigenvalue weighted by Crippen LogP contribution is 2.47. The van der Waals surface area contributed by atoms with E-state index in [9.17, 15) is 29.8 Å². The number of nitrogens with two attached hydrogens (primary N) is 1. The van der Waals surface area contributed by atoms with Crippen LogP contribution in [0.5, 0.6) is 0 Å². The fourth-order valence-corrected chi connectivity index (χ4v) is 4.62. The zero-order chi connectivity index (χ0) is 25.8. The molecule has 0 amide bonds. The first kappa shape index (κ1) is 25.9. The van der Waals surface area contributed by atoms with Gasteiger partial charge in [0.05, 0.1) is 23.3 Å². The highest BCUT2D eigenvalue weighted by molar-refractivity contribution is 5.93. The van der Waals surface area contributed by atoms with Crippen molar-refractivity contribution in [3.63, 3.8) is 0 Å². The number of esters is 2. The minimum absolute atomic E-state index is 0.0202. The van der Waals surface area contributed by atoms with Crippen molar-refractivity contribution in [3.8, 4) is 0 Å². The van der Waals surface area contributed by atoms with Gasteiger partial charge in [0.15, 0.2) is 0 Å². The molecule has 13 heteroatoms. The monoisotopic (exact) mass is 492 g/mol. The van der Waals surface area contributed by atoms with Crippen LogP contribution in [0.2, 0.25) is 0 Å². The number of carbonyl (C=O) groups excluding carboxylic acids is 2. The molecule has 1 aromatic carbocycles. The molecular formula is C22H28N4O9. The molecule has 190 valence electrons. The molecule has 0 radical (unpaired) electrons. The number of rotatable bonds is 8. The lowest BCUT2D eigenvalue weighted by molar-refractivity contribution is -0.771. The summed E-state index contributed by atoms with van der Waals surface area (Å²) in [5, 5.41) is 24.2. The van der Waals surface area contributed by atoms with E-state index in [1.807, 2.05) is 0 Å². The molecule has 1 aromatic rings. The van der Waals surface area contributed by atoms with Gasteiger partial charge in [-0.1, -0.05) is 18.6 Å². The predicted octanol–water partition coefficient (Wildman–Crippen LogP) is 2.08. The Morgan fingerprint density at radius 2 is 1.89 bits per heavy atom. The van der Waals surface area contributed by atoms with Gasteiger partial charge in [0.1, 0.15) is 17.6 Å². The van der Waals surface area contributed by atoms with Gasteiger partial charge in [0, 0.05) is 24.3 Å². The first-order valence-electron chi connectivity index (χ1n) is 11.2. The first-order valence-corrected chi connectivity index (χ1v) is 11.2. The molecule has 5 unspecified atom stereocenters. The van der Waals surface area contributed by atoms with Crippen LogP contribution in [0, 0.1) is 25.6 Å². The molecule has 1 aliphatic carbocycles. The molecule has 0 spiro atoms. The van der Waals surface area contributed by atoms with E-state index in [1.54, 1.807) is 13.0 Å². The lowest BCUT2D eigenvalue weighted by Crippen LogP contribution is -2.59. The van der Waals surface area contributed by atoms with Gasteiger partial charge >= 0.3 is 11.9 Å². The molecule has 3 rings (SSSR count). The van der Waals surface area contributed by atoms with Gasteiger partial charge in [0.2, 0.25) is 0 Å². The van der Waals surface area contributed by atoms with Crippen LogP contribution in [0.3, 0.4) is 0 Å². The number of hydrogen-bond donors (Lipinski definition) is 2. The summed E-state index contributed by atoms with van der Waals surface area (Å²) in [6.07, 6.45) is 0.589. The summed E-state index contributed by atoms with van der Waals surface area (Å²) in [5.41, 5.74) is 4.74. The molecule has 1 fully saturated rings. The van der Waals surface area contributed by atoms with Gasteiger partial charge in [-0.2, -0.15) is 0 Å². The van der Waals surface area contributed by atoms with Crippen LogP contribution in [-0.4, -0.2) is 46.9 Å². The van der Waals surface area contributed by atoms with Gasteiger partial charge in [-0.05, 0) is 38.7 Å². The maximum atomic E-state index is 13.4. The maximum Gasteiger partial charge on any atom is 0.336 e. The van der Waals surface area contributed by atoms with Gasteiger partial charge in [0.25, 0.3) is 10.8 Å². The fraction of sp³-hybridized carbons (Fsp3) is 0.545. The Labute approximate surface area is 200 Å². The average Bonchev–Trinajstić information content (AvgIpc) is 2.81. The molecule has 1 aliphatic heterocycles. The van der Waals surface area contributed by atoms with Crippen molar-refractivity contribution in [1.82, 2.24) is 5.32 Å². The Kier molecular flexibility index (Phi) is 7.89. The Hall–Kier alpha value is -3.74. The summed E-state index contributed by atoms with van der Waals surface area (Å²) in [5.74, 6) is -2.62. The Balaban J connectivity index is 2.03. The smallest absolute Gasteiger partial charge is 0.336 e. The highest BCUT2D eigenvalue weighted by atomic mass is 17.0. The summed E-state index contributed by atoms with van der Waals surface area (Å²) in [6.45, 7) is 3.18. The molecule has 5 atom stereocenters. The predicted molar refractivity (Wildman–Crippen MR) is 120 cm³/mol. The molecule has 1 saturated carbocycles. The van der Waals surface area contributed by atoms with Crippen molar-refractivity contribution >= 4 is 17.6 Å². The largest absolute Gasteiger partial charge is 0.465 e. The second kappa shape index (κ2) is 10.7. The van der Waals surface area contributed by atoms with E-state index >= 15 is 0 Å². The number of ether oxygens (including phenoxy) is 2. The Bertz CT molecular complexity index is 1030. The van der Waals surface area contributed by atoms with Gasteiger partial charge in [-0.25, -0.2) is 4.79 Å². The Morgan fingerprint density at radius 1 is 1.20 bits per heavy atom. The number of hydrogen-bond acceptors (Lipinski definition) is 11. The third-order valence-electron chi connectivity index (χ3n) is 6.46. The summed E-state index contributed by atoms with van der Waals surface area (Å²) >= 11 is 0. The third-order valence-corrected chi connectivity index (χ3v) is 6.46. The SMILES string of the molecule is CCOC(=O)C1(C)C(N)NC=C(C(=O)OC2CCCCC2O[N+](=O)[O-])C1c1cccc([N+](=O)[O-])c1. The molecule has 13 nitrogen and oxygen atoms in total. The fourth-order valence-electron chi connectivity index (χ4n) is 4.62. The zero-order valence-corrected chi connectivity index (χ0v) is 19.4. The minimum Gasteiger partial charge on any atom is -0.465 e. The molecule has 0 aromatic heterocycles. The average molecular weight is 492 g/mol. The quantitative estimate of drug-likeness (QED) is 0.307. The van der Waals surface area contributed by atoms with E-state index in [2.05, 4.69) is 5.32 Å². The Morgan fingerprint density at radius 3 is 2.51 bits per heavy atom. The zero-order valence-electron chi connectivity index (χ0n) is 19.4. The van der Waals surface area contributed by atoms with E-state index in [4.69, 9.17) is 20.0 Å². The summed E-state index contributed by atoms with van der Waals surface area (Å²) in [7, 11) is 0. The van der Waals surface area contributed by atoms with E-state index in [0.29, 0.717) is 25.7 Å². The normalized spacial score (nSPS) is 28.1. The van der Waals surface area contributed by atoms with Crippen LogP contribution in [0.1, 0.15) is 51.0 Å². The van der Waals surface area contributed by atoms with Crippen molar-refractivity contribution < 1.29 is 33.9 Å². The molecule has 0 bridgehead atoms. The second-order valence-electron chi connectivity index (χ2n) is 8.63. The van der Waals surface area contributed by atoms with Gasteiger partial charge in [-0.15, -0.1) is 10.1 Å². The molecule has 1 heterocycles. The summed E-state index contributed by atoms with van der Waals surface area (Å²) < 4.78 is 10.9. The van der Waals surface area contributed by atoms with Crippen molar-refractivity contribution in [2.75, 3.05) is 6.61 Å². The van der Waals surface area contributed by atoms with E-state index < -0.39 is 51.7 Å². The van der Waals surface area contributed by atoms with Crippen LogP contribution in [-0.2, 0) is 23.9 Å².